The SMILES string of the molecule is [Ca+2].[H-].[H-].c1ccncc1.c1cn[nH]c1. The fourth-order valence-corrected chi connectivity index (χ4v) is 0.528. The number of hydrogen-bond acceptors (Lipinski definition) is 2. The van der Waals surface area contributed by atoms with Crippen LogP contribution in [0.15, 0.2) is 49.1 Å². The Morgan fingerprint density at radius 3 is 1.83 bits per heavy atom. The first-order valence-electron chi connectivity index (χ1n) is 3.29. The zero-order chi connectivity index (χ0) is 7.78. The second-order valence-corrected chi connectivity index (χ2v) is 1.79. The van der Waals surface area contributed by atoms with Gasteiger partial charge < -0.3 is 2.85 Å². The molecule has 60 valence electrons. The number of pyridine rings is 1. The molecule has 12 heavy (non-hydrogen) atoms. The molecule has 2 rings (SSSR count). The van der Waals surface area contributed by atoms with E-state index < -0.39 is 0 Å². The van der Waals surface area contributed by atoms with E-state index in [2.05, 4.69) is 15.2 Å². The Bertz CT molecular complexity index is 208. The standard InChI is InChI=1S/C5H5N.C3H4N2.Ca.2H/c1-2-4-6-5-3-1;1-2-4-5-3-1;;;/h1-5H;1-3H,(H,4,5);;;/q;;+2;2*-1. The summed E-state index contributed by atoms with van der Waals surface area (Å²) in [6.45, 7) is 0. The summed E-state index contributed by atoms with van der Waals surface area (Å²) in [6, 6.07) is 7.55. The third-order valence-electron chi connectivity index (χ3n) is 0.972. The predicted octanol–water partition coefficient (Wildman–Crippen LogP) is 1.34. The van der Waals surface area contributed by atoms with Crippen LogP contribution in [0.4, 0.5) is 0 Å². The third-order valence-corrected chi connectivity index (χ3v) is 0.972. The van der Waals surface area contributed by atoms with Gasteiger partial charge >= 0.3 is 37.7 Å². The molecule has 0 aliphatic carbocycles. The van der Waals surface area contributed by atoms with Crippen molar-refractivity contribution in [2.75, 3.05) is 0 Å². The van der Waals surface area contributed by atoms with Crippen LogP contribution in [0.5, 0.6) is 0 Å². The van der Waals surface area contributed by atoms with Crippen LogP contribution in [0.2, 0.25) is 0 Å². The Hall–Kier alpha value is -0.380. The summed E-state index contributed by atoms with van der Waals surface area (Å²) >= 11 is 0. The second-order valence-electron chi connectivity index (χ2n) is 1.79. The van der Waals surface area contributed by atoms with Crippen LogP contribution < -0.4 is 0 Å². The molecule has 1 N–H and O–H groups in total. The van der Waals surface area contributed by atoms with E-state index in [0.29, 0.717) is 0 Å². The summed E-state index contributed by atoms with van der Waals surface area (Å²) in [5.41, 5.74) is 0. The number of aromatic amines is 1. The molecule has 0 atom stereocenters. The molecule has 0 unspecified atom stereocenters. The first-order valence-corrected chi connectivity index (χ1v) is 3.29. The molecule has 2 aromatic heterocycles. The maximum absolute atomic E-state index is 3.78. The van der Waals surface area contributed by atoms with Crippen molar-refractivity contribution in [3.05, 3.63) is 49.1 Å². The third kappa shape index (κ3) is 6.34. The molecule has 0 radical (unpaired) electrons. The minimum atomic E-state index is 0. The summed E-state index contributed by atoms with van der Waals surface area (Å²) in [5, 5.41) is 6.21. The van der Waals surface area contributed by atoms with Gasteiger partial charge in [-0.15, -0.1) is 0 Å². The van der Waals surface area contributed by atoms with Crippen molar-refractivity contribution in [2.24, 2.45) is 0 Å². The maximum atomic E-state index is 3.78. The number of H-pyrrole nitrogens is 1. The van der Waals surface area contributed by atoms with Crippen molar-refractivity contribution in [3.8, 4) is 0 Å². The fourth-order valence-electron chi connectivity index (χ4n) is 0.528. The van der Waals surface area contributed by atoms with E-state index in [-0.39, 0.29) is 40.6 Å². The second kappa shape index (κ2) is 8.71. The number of aromatic nitrogens is 3. The Labute approximate surface area is 104 Å². The summed E-state index contributed by atoms with van der Waals surface area (Å²) in [5.74, 6) is 0. The van der Waals surface area contributed by atoms with E-state index in [4.69, 9.17) is 0 Å². The van der Waals surface area contributed by atoms with E-state index >= 15 is 0 Å². The molecule has 0 saturated heterocycles. The predicted molar refractivity (Wildman–Crippen MR) is 50.8 cm³/mol. The smallest absolute Gasteiger partial charge is 1.00 e. The van der Waals surface area contributed by atoms with Crippen LogP contribution in [0.3, 0.4) is 0 Å². The van der Waals surface area contributed by atoms with Crippen LogP contribution in [-0.4, -0.2) is 52.9 Å². The van der Waals surface area contributed by atoms with Crippen LogP contribution in [0, 0.1) is 0 Å². The van der Waals surface area contributed by atoms with Gasteiger partial charge in [0.25, 0.3) is 0 Å². The average molecular weight is 189 g/mol. The molecule has 0 amide bonds. The summed E-state index contributed by atoms with van der Waals surface area (Å²) < 4.78 is 0. The van der Waals surface area contributed by atoms with Crippen molar-refractivity contribution >= 4 is 37.7 Å². The van der Waals surface area contributed by atoms with Crippen LogP contribution >= 0.6 is 0 Å². The minimum absolute atomic E-state index is 0. The number of rotatable bonds is 0. The molecule has 0 aliphatic rings. The van der Waals surface area contributed by atoms with E-state index in [9.17, 15) is 0 Å². The molecular formula is C8H11CaN3. The van der Waals surface area contributed by atoms with Gasteiger partial charge in [-0.25, -0.2) is 0 Å². The molecule has 0 aliphatic heterocycles. The molecular weight excluding hydrogens is 178 g/mol. The quantitative estimate of drug-likeness (QED) is 0.635. The zero-order valence-electron chi connectivity index (χ0n) is 8.72. The van der Waals surface area contributed by atoms with Gasteiger partial charge in [-0.05, 0) is 18.2 Å². The Kier molecular flexibility index (Phi) is 8.44. The van der Waals surface area contributed by atoms with Crippen molar-refractivity contribution in [1.29, 1.82) is 0 Å². The summed E-state index contributed by atoms with van der Waals surface area (Å²) in [6.07, 6.45) is 6.96. The van der Waals surface area contributed by atoms with Crippen LogP contribution in [0.25, 0.3) is 0 Å². The van der Waals surface area contributed by atoms with E-state index in [1.54, 1.807) is 24.8 Å². The molecule has 0 saturated carbocycles. The van der Waals surface area contributed by atoms with E-state index in [0.717, 1.165) is 0 Å². The van der Waals surface area contributed by atoms with Crippen LogP contribution in [-0.2, 0) is 0 Å². The molecule has 0 fully saturated rings. The Balaban J connectivity index is -0.000000144. The van der Waals surface area contributed by atoms with Gasteiger partial charge in [-0.2, -0.15) is 5.10 Å². The molecule has 3 nitrogen and oxygen atoms in total. The van der Waals surface area contributed by atoms with Gasteiger partial charge in [0.1, 0.15) is 0 Å². The minimum Gasteiger partial charge on any atom is -1.00 e. The fraction of sp³-hybridized carbons (Fsp3) is 0. The summed E-state index contributed by atoms with van der Waals surface area (Å²) in [4.78, 5) is 3.78. The van der Waals surface area contributed by atoms with E-state index in [1.165, 1.54) is 0 Å². The van der Waals surface area contributed by atoms with E-state index in [1.807, 2.05) is 24.3 Å². The average Bonchev–Trinajstić information content (AvgIpc) is 2.64. The first-order chi connectivity index (χ1) is 5.50. The zero-order valence-corrected chi connectivity index (χ0v) is 8.93. The molecule has 0 bridgehead atoms. The van der Waals surface area contributed by atoms with Crippen molar-refractivity contribution in [3.63, 3.8) is 0 Å². The number of nitrogens with one attached hydrogen (secondary N) is 1. The molecule has 2 heterocycles. The normalized spacial score (nSPS) is 7.33. The number of nitrogens with zero attached hydrogens (tertiary/aromatic N) is 2. The largest absolute Gasteiger partial charge is 2.00 e. The van der Waals surface area contributed by atoms with Crippen molar-refractivity contribution in [1.82, 2.24) is 15.2 Å². The maximum Gasteiger partial charge on any atom is 2.00 e. The van der Waals surface area contributed by atoms with Gasteiger partial charge in [0.2, 0.25) is 0 Å². The van der Waals surface area contributed by atoms with Crippen molar-refractivity contribution in [2.45, 2.75) is 0 Å². The molecule has 0 spiro atoms. The molecule has 0 aromatic carbocycles. The van der Waals surface area contributed by atoms with Gasteiger partial charge in [-0.3, -0.25) is 10.1 Å². The van der Waals surface area contributed by atoms with Gasteiger partial charge in [0.15, 0.2) is 0 Å². The van der Waals surface area contributed by atoms with Crippen molar-refractivity contribution < 1.29 is 2.85 Å². The molecule has 2 aromatic rings. The van der Waals surface area contributed by atoms with Crippen LogP contribution in [0.1, 0.15) is 2.85 Å². The summed E-state index contributed by atoms with van der Waals surface area (Å²) in [7, 11) is 0. The van der Waals surface area contributed by atoms with Gasteiger partial charge in [0.05, 0.1) is 0 Å². The molecule has 4 heteroatoms. The van der Waals surface area contributed by atoms with Gasteiger partial charge in [0, 0.05) is 24.8 Å². The monoisotopic (exact) mass is 189 g/mol. The Morgan fingerprint density at radius 1 is 0.917 bits per heavy atom. The number of hydrogen-bond donors (Lipinski definition) is 1. The first kappa shape index (κ1) is 11.6. The topological polar surface area (TPSA) is 41.6 Å². The Morgan fingerprint density at radius 2 is 1.67 bits per heavy atom. The van der Waals surface area contributed by atoms with Gasteiger partial charge in [-0.1, -0.05) is 6.07 Å².